The van der Waals surface area contributed by atoms with Crippen molar-refractivity contribution in [1.82, 2.24) is 5.32 Å². The van der Waals surface area contributed by atoms with Gasteiger partial charge in [0, 0.05) is 13.1 Å². The summed E-state index contributed by atoms with van der Waals surface area (Å²) < 4.78 is 5.07. The fourth-order valence-corrected chi connectivity index (χ4v) is 3.38. The summed E-state index contributed by atoms with van der Waals surface area (Å²) in [5.41, 5.74) is 0.372. The molecule has 0 radical (unpaired) electrons. The van der Waals surface area contributed by atoms with Crippen molar-refractivity contribution in [2.24, 2.45) is 17.8 Å². The Morgan fingerprint density at radius 3 is 2.72 bits per heavy atom. The molecule has 1 aliphatic rings. The summed E-state index contributed by atoms with van der Waals surface area (Å²) in [6.07, 6.45) is 6.84. The highest BCUT2D eigenvalue weighted by atomic mass is 16.4. The van der Waals surface area contributed by atoms with E-state index in [0.717, 1.165) is 18.8 Å². The smallest absolute Gasteiger partial charge is 0.337 e. The number of rotatable bonds is 10. The van der Waals surface area contributed by atoms with Crippen molar-refractivity contribution in [1.29, 1.82) is 0 Å². The lowest BCUT2D eigenvalue weighted by molar-refractivity contribution is -0.108. The summed E-state index contributed by atoms with van der Waals surface area (Å²) in [4.78, 5) is 34.7. The normalized spacial score (nSPS) is 16.1. The van der Waals surface area contributed by atoms with Crippen molar-refractivity contribution in [3.63, 3.8) is 0 Å². The lowest BCUT2D eigenvalue weighted by atomic mass is 9.82. The quantitative estimate of drug-likeness (QED) is 0.635. The topological polar surface area (TPSA) is 88.4 Å². The van der Waals surface area contributed by atoms with Crippen molar-refractivity contribution in [3.05, 3.63) is 27.6 Å². The first-order valence-corrected chi connectivity index (χ1v) is 9.09. The van der Waals surface area contributed by atoms with E-state index in [4.69, 9.17) is 4.42 Å². The Hall–Kier alpha value is -2.11. The molecule has 1 heterocycles. The van der Waals surface area contributed by atoms with Crippen LogP contribution in [0.3, 0.4) is 0 Å². The number of hydrogen-bond donors (Lipinski definition) is 2. The van der Waals surface area contributed by atoms with Crippen LogP contribution in [0, 0.1) is 17.8 Å². The molecule has 6 heteroatoms. The minimum atomic E-state index is -0.555. The number of amides is 2. The zero-order chi connectivity index (χ0) is 18.4. The Bertz CT molecular complexity index is 664. The summed E-state index contributed by atoms with van der Waals surface area (Å²) in [5.74, 6) is 1.57. The van der Waals surface area contributed by atoms with Gasteiger partial charge in [0.1, 0.15) is 5.56 Å². The van der Waals surface area contributed by atoms with Crippen LogP contribution < -0.4 is 16.3 Å². The third-order valence-corrected chi connectivity index (χ3v) is 5.25. The van der Waals surface area contributed by atoms with E-state index in [2.05, 4.69) is 24.5 Å². The van der Waals surface area contributed by atoms with E-state index in [-0.39, 0.29) is 11.4 Å². The molecule has 25 heavy (non-hydrogen) atoms. The average Bonchev–Trinajstić information content (AvgIpc) is 3.41. The van der Waals surface area contributed by atoms with Crippen molar-refractivity contribution >= 4 is 18.2 Å². The highest BCUT2D eigenvalue weighted by Gasteiger charge is 2.28. The van der Waals surface area contributed by atoms with Gasteiger partial charge in [-0.1, -0.05) is 33.1 Å². The molecule has 1 aromatic rings. The van der Waals surface area contributed by atoms with Crippen LogP contribution in [-0.2, 0) is 11.2 Å². The van der Waals surface area contributed by atoms with E-state index in [0.29, 0.717) is 30.2 Å². The first kappa shape index (κ1) is 19.2. The molecule has 2 amide bonds. The van der Waals surface area contributed by atoms with Gasteiger partial charge < -0.3 is 9.73 Å². The Morgan fingerprint density at radius 1 is 1.44 bits per heavy atom. The van der Waals surface area contributed by atoms with E-state index in [1.165, 1.54) is 25.3 Å². The number of aryl methyl sites for hydroxylation is 1. The van der Waals surface area contributed by atoms with Gasteiger partial charge in [-0.05, 0) is 42.6 Å². The van der Waals surface area contributed by atoms with Gasteiger partial charge in [0.25, 0.3) is 5.91 Å². The van der Waals surface area contributed by atoms with E-state index in [9.17, 15) is 14.4 Å². The van der Waals surface area contributed by atoms with E-state index < -0.39 is 11.5 Å². The minimum Gasteiger partial charge on any atom is -0.406 e. The molecule has 0 saturated heterocycles. The Balaban J connectivity index is 2.23. The highest BCUT2D eigenvalue weighted by molar-refractivity contribution is 6.04. The average molecular weight is 348 g/mol. The zero-order valence-electron chi connectivity index (χ0n) is 15.3. The molecule has 6 nitrogen and oxygen atoms in total. The predicted molar refractivity (Wildman–Crippen MR) is 96.7 cm³/mol. The fourth-order valence-electron chi connectivity index (χ4n) is 3.38. The van der Waals surface area contributed by atoms with Crippen LogP contribution in [-0.4, -0.2) is 19.4 Å². The Morgan fingerprint density at radius 2 is 2.16 bits per heavy atom. The molecule has 138 valence electrons. The monoisotopic (exact) mass is 348 g/mol. The Labute approximate surface area is 148 Å². The van der Waals surface area contributed by atoms with Gasteiger partial charge in [0.05, 0.1) is 0 Å². The third kappa shape index (κ3) is 5.18. The molecule has 0 spiro atoms. The van der Waals surface area contributed by atoms with Gasteiger partial charge in [-0.15, -0.1) is 0 Å². The van der Waals surface area contributed by atoms with Gasteiger partial charge in [0.15, 0.2) is 0 Å². The summed E-state index contributed by atoms with van der Waals surface area (Å²) in [7, 11) is 1.58. The van der Waals surface area contributed by atoms with Crippen LogP contribution in [0.4, 0.5) is 5.88 Å². The molecular formula is C19H28N2O4. The number of carbonyl (C=O) groups excluding carboxylic acids is 2. The number of imide groups is 1. The van der Waals surface area contributed by atoms with Gasteiger partial charge in [-0.2, -0.15) is 0 Å². The molecule has 0 aliphatic heterocycles. The zero-order valence-corrected chi connectivity index (χ0v) is 15.3. The van der Waals surface area contributed by atoms with Crippen LogP contribution in [0.5, 0.6) is 0 Å². The number of hydrogen-bond acceptors (Lipinski definition) is 5. The lowest BCUT2D eigenvalue weighted by Gasteiger charge is -2.23. The summed E-state index contributed by atoms with van der Waals surface area (Å²) >= 11 is 0. The van der Waals surface area contributed by atoms with E-state index >= 15 is 0 Å². The van der Waals surface area contributed by atoms with Crippen molar-refractivity contribution in [2.45, 2.75) is 52.4 Å². The Kier molecular flexibility index (Phi) is 6.79. The van der Waals surface area contributed by atoms with Crippen molar-refractivity contribution < 1.29 is 14.0 Å². The number of carbonyl (C=O) groups is 2. The second-order valence-corrected chi connectivity index (χ2v) is 7.00. The van der Waals surface area contributed by atoms with Gasteiger partial charge in [-0.25, -0.2) is 4.79 Å². The second kappa shape index (κ2) is 8.83. The highest BCUT2D eigenvalue weighted by Crippen LogP contribution is 2.39. The maximum Gasteiger partial charge on any atom is 0.337 e. The fraction of sp³-hybridized carbons (Fsp3) is 0.632. The molecule has 0 aromatic carbocycles. The minimum absolute atomic E-state index is 0.101. The van der Waals surface area contributed by atoms with E-state index in [1.807, 2.05) is 0 Å². The van der Waals surface area contributed by atoms with Gasteiger partial charge in [-0.3, -0.25) is 14.9 Å². The summed E-state index contributed by atoms with van der Waals surface area (Å²) in [6, 6.07) is 1.37. The van der Waals surface area contributed by atoms with Crippen LogP contribution in [0.2, 0.25) is 0 Å². The van der Waals surface area contributed by atoms with Crippen molar-refractivity contribution in [2.75, 3.05) is 12.4 Å². The van der Waals surface area contributed by atoms with E-state index in [1.54, 1.807) is 7.05 Å². The first-order valence-electron chi connectivity index (χ1n) is 9.09. The maximum atomic E-state index is 12.2. The molecule has 1 saturated carbocycles. The van der Waals surface area contributed by atoms with Crippen molar-refractivity contribution in [3.8, 4) is 0 Å². The summed E-state index contributed by atoms with van der Waals surface area (Å²) in [5, 5.41) is 4.88. The molecule has 1 aromatic heterocycles. The largest absolute Gasteiger partial charge is 0.406 e. The molecule has 0 bridgehead atoms. The molecule has 1 aliphatic carbocycles. The number of anilines is 1. The lowest BCUT2D eigenvalue weighted by Crippen LogP contribution is -2.25. The van der Waals surface area contributed by atoms with Crippen LogP contribution in [0.15, 0.2) is 15.3 Å². The predicted octanol–water partition coefficient (Wildman–Crippen LogP) is 2.96. The van der Waals surface area contributed by atoms with Crippen LogP contribution in [0.25, 0.3) is 0 Å². The maximum absolute atomic E-state index is 12.2. The number of nitrogens with one attached hydrogen (secondary N) is 2. The van der Waals surface area contributed by atoms with Gasteiger partial charge in [0.2, 0.25) is 12.3 Å². The molecular weight excluding hydrogens is 320 g/mol. The molecule has 2 atom stereocenters. The first-order chi connectivity index (χ1) is 12.0. The molecule has 2 unspecified atom stereocenters. The van der Waals surface area contributed by atoms with Crippen LogP contribution in [0.1, 0.15) is 61.9 Å². The second-order valence-electron chi connectivity index (χ2n) is 7.00. The molecule has 2 rings (SSSR count). The SMILES string of the molecule is CCC(C)C(CCc1cc(=O)oc(NC)c1C(=O)NC=O)CC1CC1. The molecule has 1 fully saturated rings. The van der Waals surface area contributed by atoms with Gasteiger partial charge >= 0.3 is 5.63 Å². The summed E-state index contributed by atoms with van der Waals surface area (Å²) in [6.45, 7) is 4.47. The third-order valence-electron chi connectivity index (χ3n) is 5.25. The molecule has 2 N–H and O–H groups in total. The standard InChI is InChI=1S/C19H28N2O4/c1-4-12(2)14(9-13-5-6-13)7-8-15-10-16(23)25-19(20-3)17(15)18(24)21-11-22/h10-14,20H,4-9H2,1-3H3,(H,21,22,24). The van der Waals surface area contributed by atoms with Crippen LogP contribution >= 0.6 is 0 Å².